The van der Waals surface area contributed by atoms with E-state index in [-0.39, 0.29) is 11.2 Å². The summed E-state index contributed by atoms with van der Waals surface area (Å²) in [7, 11) is -1.43. The van der Waals surface area contributed by atoms with Crippen molar-refractivity contribution in [1.82, 2.24) is 4.57 Å². The summed E-state index contributed by atoms with van der Waals surface area (Å²) in [6.45, 7) is 13.4. The zero-order valence-electron chi connectivity index (χ0n) is 9.58. The topological polar surface area (TPSA) is 20.3 Å². The molecule has 4 heteroatoms. The third-order valence-electron chi connectivity index (χ3n) is 2.25. The van der Waals surface area contributed by atoms with Gasteiger partial charge in [-0.25, -0.2) is 0 Å². The molecule has 0 saturated heterocycles. The first kappa shape index (κ1) is 13.9. The predicted octanol–water partition coefficient (Wildman–Crippen LogP) is 2.54. The van der Waals surface area contributed by atoms with Crippen LogP contribution in [0.5, 0.6) is 0 Å². The summed E-state index contributed by atoms with van der Waals surface area (Å²) in [6.07, 6.45) is 2.49. The second kappa shape index (κ2) is 5.73. The number of carbonyl (C=O) groups is 1. The van der Waals surface area contributed by atoms with Gasteiger partial charge in [0.2, 0.25) is 5.12 Å². The van der Waals surface area contributed by atoms with Crippen molar-refractivity contribution in [2.75, 3.05) is 6.54 Å². The Bertz CT molecular complexity index is 213. The normalized spacial score (nSPS) is 14.1. The number of hydrogen-bond acceptors (Lipinski definition) is 2. The van der Waals surface area contributed by atoms with E-state index in [0.29, 0.717) is 6.42 Å². The number of likely N-dealkylation sites (N-methyl/N-ethyl adjacent to an activating group) is 1. The van der Waals surface area contributed by atoms with Crippen LogP contribution in [0.15, 0.2) is 12.7 Å². The summed E-state index contributed by atoms with van der Waals surface area (Å²) >= 11 is 3.95. The SMILES string of the molecule is C=CCC(C(=O)S)N(CC)[Si](C)(C)C. The molecule has 2 nitrogen and oxygen atoms in total. The first-order chi connectivity index (χ1) is 6.34. The maximum absolute atomic E-state index is 11.4. The number of hydrogen-bond donors (Lipinski definition) is 1. The van der Waals surface area contributed by atoms with Crippen molar-refractivity contribution in [3.63, 3.8) is 0 Å². The summed E-state index contributed by atoms with van der Waals surface area (Å²) in [5, 5.41) is -0.0471. The van der Waals surface area contributed by atoms with Gasteiger partial charge in [-0.05, 0) is 13.0 Å². The minimum atomic E-state index is -1.43. The van der Waals surface area contributed by atoms with Crippen molar-refractivity contribution in [1.29, 1.82) is 0 Å². The highest BCUT2D eigenvalue weighted by Crippen LogP contribution is 2.17. The Hall–Kier alpha value is -0.0631. The van der Waals surface area contributed by atoms with Crippen molar-refractivity contribution < 1.29 is 4.79 Å². The van der Waals surface area contributed by atoms with Crippen LogP contribution in [0.25, 0.3) is 0 Å². The zero-order chi connectivity index (χ0) is 11.4. The van der Waals surface area contributed by atoms with E-state index in [9.17, 15) is 4.79 Å². The highest BCUT2D eigenvalue weighted by Gasteiger charge is 2.31. The van der Waals surface area contributed by atoms with Crippen molar-refractivity contribution in [3.05, 3.63) is 12.7 Å². The Balaban J connectivity index is 4.75. The molecule has 0 bridgehead atoms. The van der Waals surface area contributed by atoms with Crippen LogP contribution in [0.2, 0.25) is 19.6 Å². The lowest BCUT2D eigenvalue weighted by Crippen LogP contribution is -2.53. The van der Waals surface area contributed by atoms with Gasteiger partial charge in [0.25, 0.3) is 0 Å². The number of rotatable bonds is 6. The van der Waals surface area contributed by atoms with Crippen LogP contribution in [0.3, 0.4) is 0 Å². The van der Waals surface area contributed by atoms with Crippen LogP contribution in [-0.2, 0) is 4.79 Å². The monoisotopic (exact) mass is 231 g/mol. The van der Waals surface area contributed by atoms with E-state index in [2.05, 4.69) is 50.3 Å². The van der Waals surface area contributed by atoms with Gasteiger partial charge >= 0.3 is 0 Å². The molecule has 1 unspecified atom stereocenters. The maximum Gasteiger partial charge on any atom is 0.202 e. The molecule has 0 radical (unpaired) electrons. The number of thiol groups is 1. The molecule has 0 aromatic carbocycles. The first-order valence-electron chi connectivity index (χ1n) is 4.95. The molecule has 0 saturated carbocycles. The third-order valence-corrected chi connectivity index (χ3v) is 4.90. The Morgan fingerprint density at radius 1 is 1.57 bits per heavy atom. The molecule has 14 heavy (non-hydrogen) atoms. The van der Waals surface area contributed by atoms with E-state index < -0.39 is 8.24 Å². The fraction of sp³-hybridized carbons (Fsp3) is 0.700. The average molecular weight is 231 g/mol. The van der Waals surface area contributed by atoms with Crippen LogP contribution in [0.1, 0.15) is 13.3 Å². The van der Waals surface area contributed by atoms with Gasteiger partial charge in [0.15, 0.2) is 0 Å². The largest absolute Gasteiger partial charge is 0.314 e. The minimum absolute atomic E-state index is 0.0471. The van der Waals surface area contributed by atoms with Crippen molar-refractivity contribution in [3.8, 4) is 0 Å². The predicted molar refractivity (Wildman–Crippen MR) is 68.3 cm³/mol. The zero-order valence-corrected chi connectivity index (χ0v) is 11.5. The molecule has 1 atom stereocenters. The minimum Gasteiger partial charge on any atom is -0.314 e. The molecule has 0 aliphatic rings. The maximum atomic E-state index is 11.4. The van der Waals surface area contributed by atoms with E-state index >= 15 is 0 Å². The fourth-order valence-electron chi connectivity index (χ4n) is 1.68. The second-order valence-corrected chi connectivity index (χ2v) is 9.69. The molecular weight excluding hydrogens is 210 g/mol. The van der Waals surface area contributed by atoms with Gasteiger partial charge in [-0.1, -0.05) is 32.6 Å². The molecule has 0 aliphatic heterocycles. The first-order valence-corrected chi connectivity index (χ1v) is 8.84. The van der Waals surface area contributed by atoms with E-state index in [1.807, 2.05) is 0 Å². The van der Waals surface area contributed by atoms with Gasteiger partial charge in [-0.3, -0.25) is 4.79 Å². The Labute approximate surface area is 93.9 Å². The lowest BCUT2D eigenvalue weighted by atomic mass is 10.2. The summed E-state index contributed by atoms with van der Waals surface area (Å²) in [5.41, 5.74) is 0. The lowest BCUT2D eigenvalue weighted by molar-refractivity contribution is -0.114. The molecule has 0 heterocycles. The molecule has 0 spiro atoms. The summed E-state index contributed by atoms with van der Waals surface area (Å²) in [6, 6.07) is -0.0903. The molecule has 0 aromatic heterocycles. The Morgan fingerprint density at radius 2 is 2.07 bits per heavy atom. The summed E-state index contributed by atoms with van der Waals surface area (Å²) in [4.78, 5) is 11.4. The van der Waals surface area contributed by atoms with Gasteiger partial charge in [-0.15, -0.1) is 19.2 Å². The van der Waals surface area contributed by atoms with Crippen LogP contribution < -0.4 is 0 Å². The van der Waals surface area contributed by atoms with Crippen LogP contribution in [-0.4, -0.2) is 30.5 Å². The highest BCUT2D eigenvalue weighted by atomic mass is 32.1. The molecule has 0 rings (SSSR count). The molecule has 82 valence electrons. The van der Waals surface area contributed by atoms with Crippen LogP contribution in [0.4, 0.5) is 0 Å². The molecule has 0 fully saturated rings. The summed E-state index contributed by atoms with van der Waals surface area (Å²) in [5.74, 6) is 0. The van der Waals surface area contributed by atoms with Crippen molar-refractivity contribution in [2.24, 2.45) is 0 Å². The van der Waals surface area contributed by atoms with Crippen LogP contribution in [0, 0.1) is 0 Å². The molecule has 0 N–H and O–H groups in total. The second-order valence-electron chi connectivity index (χ2n) is 4.34. The van der Waals surface area contributed by atoms with Crippen molar-refractivity contribution in [2.45, 2.75) is 39.0 Å². The van der Waals surface area contributed by atoms with Gasteiger partial charge < -0.3 is 4.57 Å². The van der Waals surface area contributed by atoms with E-state index in [4.69, 9.17) is 0 Å². The van der Waals surface area contributed by atoms with E-state index in [0.717, 1.165) is 6.54 Å². The average Bonchev–Trinajstić information content (AvgIpc) is 2.01. The quantitative estimate of drug-likeness (QED) is 0.431. The molecule has 0 amide bonds. The Morgan fingerprint density at radius 3 is 2.29 bits per heavy atom. The molecule has 0 aliphatic carbocycles. The van der Waals surface area contributed by atoms with Gasteiger partial charge in [-0.2, -0.15) is 0 Å². The third kappa shape index (κ3) is 3.98. The van der Waals surface area contributed by atoms with Crippen LogP contribution >= 0.6 is 12.6 Å². The smallest absolute Gasteiger partial charge is 0.202 e. The standard InChI is InChI=1S/C10H21NOSSi/c1-6-8-9(10(12)13)11(7-2)14(3,4)5/h6,9H,1,7-8H2,2-5H3,(H,12,13). The fourth-order valence-corrected chi connectivity index (χ4v) is 4.14. The molecular formula is C10H21NOSSi. The lowest BCUT2D eigenvalue weighted by Gasteiger charge is -2.38. The van der Waals surface area contributed by atoms with E-state index in [1.165, 1.54) is 0 Å². The molecule has 0 aromatic rings. The number of carbonyl (C=O) groups excluding carboxylic acids is 1. The summed E-state index contributed by atoms with van der Waals surface area (Å²) < 4.78 is 2.28. The van der Waals surface area contributed by atoms with Crippen molar-refractivity contribution >= 4 is 26.0 Å². The van der Waals surface area contributed by atoms with Gasteiger partial charge in [0.1, 0.15) is 8.24 Å². The van der Waals surface area contributed by atoms with E-state index in [1.54, 1.807) is 6.08 Å². The number of nitrogens with zero attached hydrogens (tertiary/aromatic N) is 1. The Kier molecular flexibility index (Phi) is 5.70. The highest BCUT2D eigenvalue weighted by molar-refractivity contribution is 7.96. The van der Waals surface area contributed by atoms with Gasteiger partial charge in [0.05, 0.1) is 6.04 Å². The van der Waals surface area contributed by atoms with Gasteiger partial charge in [0, 0.05) is 0 Å².